The molecule has 11 nitrogen and oxygen atoms in total. The molecule has 4 aromatic rings. The van der Waals surface area contributed by atoms with E-state index in [1.54, 1.807) is 6.92 Å². The lowest BCUT2D eigenvalue weighted by atomic mass is 9.99. The number of carbonyl (C=O) groups excluding carboxylic acids is 3. The quantitative estimate of drug-likeness (QED) is 0.0702. The SMILES string of the molecule is CCOC(=O)Cc1ccccc1OCc1cc(-c2cccc(CNC(=O)OC(C)(C)C)c2)c2oc(CNCCNC(=O)OC(C)(C)C)cc2c1. The third kappa shape index (κ3) is 12.1. The Balaban J connectivity index is 1.55. The molecule has 0 spiro atoms. The molecule has 0 radical (unpaired) electrons. The highest BCUT2D eigenvalue weighted by Gasteiger charge is 2.18. The van der Waals surface area contributed by atoms with Crippen molar-refractivity contribution < 1.29 is 37.7 Å². The number of esters is 1. The molecule has 50 heavy (non-hydrogen) atoms. The maximum absolute atomic E-state index is 12.3. The molecule has 1 heterocycles. The predicted octanol–water partition coefficient (Wildman–Crippen LogP) is 7.42. The van der Waals surface area contributed by atoms with E-state index in [4.69, 9.17) is 23.4 Å². The zero-order valence-corrected chi connectivity index (χ0v) is 30.1. The fraction of sp³-hybridized carbons (Fsp3) is 0.410. The van der Waals surface area contributed by atoms with Crippen molar-refractivity contribution in [3.8, 4) is 16.9 Å². The molecule has 3 aromatic carbocycles. The average Bonchev–Trinajstić information content (AvgIpc) is 3.44. The van der Waals surface area contributed by atoms with Crippen molar-refractivity contribution in [1.82, 2.24) is 16.0 Å². The van der Waals surface area contributed by atoms with Crippen LogP contribution in [0.5, 0.6) is 5.75 Å². The van der Waals surface area contributed by atoms with Gasteiger partial charge in [0.25, 0.3) is 0 Å². The molecule has 11 heteroatoms. The van der Waals surface area contributed by atoms with Gasteiger partial charge in [-0.25, -0.2) is 9.59 Å². The Morgan fingerprint density at radius 1 is 0.760 bits per heavy atom. The summed E-state index contributed by atoms with van der Waals surface area (Å²) >= 11 is 0. The molecule has 4 rings (SSSR count). The fourth-order valence-electron chi connectivity index (χ4n) is 5.09. The Hall–Kier alpha value is -5.03. The number of carbonyl (C=O) groups is 3. The average molecular weight is 688 g/mol. The van der Waals surface area contributed by atoms with Gasteiger partial charge in [0.05, 0.1) is 19.6 Å². The fourth-order valence-corrected chi connectivity index (χ4v) is 5.09. The van der Waals surface area contributed by atoms with Crippen LogP contribution in [0.15, 0.2) is 71.1 Å². The maximum atomic E-state index is 12.3. The van der Waals surface area contributed by atoms with E-state index in [1.165, 1.54) is 0 Å². The molecule has 1 aromatic heterocycles. The molecule has 2 amide bonds. The normalized spacial score (nSPS) is 11.6. The zero-order chi connectivity index (χ0) is 36.3. The third-order valence-corrected chi connectivity index (χ3v) is 7.08. The number of amides is 2. The van der Waals surface area contributed by atoms with Gasteiger partial charge in [0.2, 0.25) is 0 Å². The molecule has 0 bridgehead atoms. The molecule has 3 N–H and O–H groups in total. The third-order valence-electron chi connectivity index (χ3n) is 7.08. The van der Waals surface area contributed by atoms with Crippen molar-refractivity contribution in [3.63, 3.8) is 0 Å². The molecule has 0 aliphatic rings. The number of rotatable bonds is 14. The van der Waals surface area contributed by atoms with Crippen LogP contribution in [0.2, 0.25) is 0 Å². The van der Waals surface area contributed by atoms with Crippen molar-refractivity contribution in [3.05, 3.63) is 89.2 Å². The summed E-state index contributed by atoms with van der Waals surface area (Å²) in [4.78, 5) is 36.5. The molecule has 0 atom stereocenters. The first-order valence-electron chi connectivity index (χ1n) is 16.8. The molecular formula is C39H49N3O8. The molecular weight excluding hydrogens is 638 g/mol. The number of furan rings is 1. The highest BCUT2D eigenvalue weighted by Crippen LogP contribution is 2.34. The lowest BCUT2D eigenvalue weighted by Crippen LogP contribution is -2.36. The van der Waals surface area contributed by atoms with Gasteiger partial charge < -0.3 is 39.3 Å². The minimum atomic E-state index is -0.597. The van der Waals surface area contributed by atoms with Gasteiger partial charge in [0, 0.05) is 36.1 Å². The van der Waals surface area contributed by atoms with Gasteiger partial charge in [-0.15, -0.1) is 0 Å². The Labute approximate surface area is 294 Å². The van der Waals surface area contributed by atoms with Crippen LogP contribution in [0.4, 0.5) is 9.59 Å². The van der Waals surface area contributed by atoms with Crippen LogP contribution in [-0.4, -0.2) is 49.1 Å². The first-order chi connectivity index (χ1) is 23.7. The summed E-state index contributed by atoms with van der Waals surface area (Å²) < 4.78 is 28.5. The maximum Gasteiger partial charge on any atom is 0.407 e. The number of benzene rings is 3. The second kappa shape index (κ2) is 17.1. The standard InChI is InChI=1S/C39H49N3O8/c1-8-46-34(43)22-29-13-9-10-15-33(29)47-25-27-19-30-21-31(24-40-16-17-41-36(44)49-38(2,3)4)48-35(30)32(20-27)28-14-11-12-26(18-28)23-42-37(45)50-39(5,6)7/h9-15,18-21,40H,8,16-17,22-25H2,1-7H3,(H,41,44)(H,42,45). The molecule has 0 fully saturated rings. The van der Waals surface area contributed by atoms with Gasteiger partial charge in [-0.05, 0) is 95.5 Å². The van der Waals surface area contributed by atoms with Gasteiger partial charge >= 0.3 is 18.2 Å². The second-order valence-corrected chi connectivity index (χ2v) is 13.8. The second-order valence-electron chi connectivity index (χ2n) is 13.8. The van der Waals surface area contributed by atoms with Crippen LogP contribution in [-0.2, 0) is 45.1 Å². The Morgan fingerprint density at radius 3 is 2.20 bits per heavy atom. The number of ether oxygens (including phenoxy) is 4. The van der Waals surface area contributed by atoms with Gasteiger partial charge in [0.15, 0.2) is 0 Å². The minimum absolute atomic E-state index is 0.115. The van der Waals surface area contributed by atoms with E-state index >= 15 is 0 Å². The summed E-state index contributed by atoms with van der Waals surface area (Å²) in [6.45, 7) is 14.9. The number of nitrogens with one attached hydrogen (secondary N) is 3. The van der Waals surface area contributed by atoms with Gasteiger partial charge in [-0.3, -0.25) is 4.79 Å². The minimum Gasteiger partial charge on any atom is -0.489 e. The Kier molecular flexibility index (Phi) is 12.9. The van der Waals surface area contributed by atoms with Crippen molar-refractivity contribution in [1.29, 1.82) is 0 Å². The zero-order valence-electron chi connectivity index (χ0n) is 30.1. The van der Waals surface area contributed by atoms with Crippen LogP contribution < -0.4 is 20.7 Å². The van der Waals surface area contributed by atoms with Crippen molar-refractivity contribution >= 4 is 29.1 Å². The molecule has 268 valence electrons. The van der Waals surface area contributed by atoms with Crippen molar-refractivity contribution in [2.24, 2.45) is 0 Å². The van der Waals surface area contributed by atoms with Crippen LogP contribution in [0.1, 0.15) is 70.9 Å². The van der Waals surface area contributed by atoms with Crippen molar-refractivity contribution in [2.75, 3.05) is 19.7 Å². The van der Waals surface area contributed by atoms with Crippen LogP contribution in [0, 0.1) is 0 Å². The van der Waals surface area contributed by atoms with Crippen LogP contribution in [0.25, 0.3) is 22.1 Å². The lowest BCUT2D eigenvalue weighted by molar-refractivity contribution is -0.142. The smallest absolute Gasteiger partial charge is 0.407 e. The Bertz CT molecular complexity index is 1770. The largest absolute Gasteiger partial charge is 0.489 e. The number of hydrogen-bond donors (Lipinski definition) is 3. The monoisotopic (exact) mass is 687 g/mol. The number of fused-ring (bicyclic) bond motifs is 1. The molecule has 0 aliphatic heterocycles. The van der Waals surface area contributed by atoms with E-state index in [2.05, 4.69) is 16.0 Å². The number of alkyl carbamates (subject to hydrolysis) is 2. The summed E-state index contributed by atoms with van der Waals surface area (Å²) in [5, 5.41) is 9.76. The van der Waals surface area contributed by atoms with E-state index in [0.29, 0.717) is 37.6 Å². The molecule has 0 unspecified atom stereocenters. The highest BCUT2D eigenvalue weighted by atomic mass is 16.6. The van der Waals surface area contributed by atoms with Gasteiger partial charge in [-0.2, -0.15) is 0 Å². The van der Waals surface area contributed by atoms with E-state index < -0.39 is 23.4 Å². The summed E-state index contributed by atoms with van der Waals surface area (Å²) in [5.74, 6) is 1.02. The molecule has 0 aliphatic carbocycles. The molecule has 0 saturated carbocycles. The van der Waals surface area contributed by atoms with E-state index in [1.807, 2.05) is 108 Å². The first-order valence-corrected chi connectivity index (χ1v) is 16.8. The summed E-state index contributed by atoms with van der Waals surface area (Å²) in [5.41, 5.74) is 3.84. The summed E-state index contributed by atoms with van der Waals surface area (Å²) in [6.07, 6.45) is -0.837. The van der Waals surface area contributed by atoms with Crippen molar-refractivity contribution in [2.45, 2.75) is 85.8 Å². The van der Waals surface area contributed by atoms with Gasteiger partial charge in [-0.1, -0.05) is 36.4 Å². The molecule has 0 saturated heterocycles. The predicted molar refractivity (Wildman–Crippen MR) is 192 cm³/mol. The number of para-hydroxylation sites is 1. The van der Waals surface area contributed by atoms with Crippen LogP contribution >= 0.6 is 0 Å². The highest BCUT2D eigenvalue weighted by molar-refractivity contribution is 5.93. The van der Waals surface area contributed by atoms with E-state index in [0.717, 1.165) is 39.0 Å². The topological polar surface area (TPSA) is 137 Å². The Morgan fingerprint density at radius 2 is 1.48 bits per heavy atom. The summed E-state index contributed by atoms with van der Waals surface area (Å²) in [6, 6.07) is 21.4. The van der Waals surface area contributed by atoms with E-state index in [9.17, 15) is 14.4 Å². The van der Waals surface area contributed by atoms with Crippen LogP contribution in [0.3, 0.4) is 0 Å². The lowest BCUT2D eigenvalue weighted by Gasteiger charge is -2.19. The van der Waals surface area contributed by atoms with Gasteiger partial charge in [0.1, 0.15) is 34.9 Å². The summed E-state index contributed by atoms with van der Waals surface area (Å²) in [7, 11) is 0. The van der Waals surface area contributed by atoms with E-state index in [-0.39, 0.29) is 25.5 Å². The number of hydrogen-bond acceptors (Lipinski definition) is 9. The first kappa shape index (κ1) is 37.8.